The van der Waals surface area contributed by atoms with Crippen molar-refractivity contribution in [2.45, 2.75) is 13.5 Å². The number of benzene rings is 1. The van der Waals surface area contributed by atoms with Crippen LogP contribution in [0.3, 0.4) is 0 Å². The molecule has 20 heavy (non-hydrogen) atoms. The number of nitrogen functional groups attached to an aromatic ring is 1. The minimum atomic E-state index is 0.164. The molecule has 0 aliphatic carbocycles. The highest BCUT2D eigenvalue weighted by Gasteiger charge is 2.13. The van der Waals surface area contributed by atoms with E-state index in [0.29, 0.717) is 29.7 Å². The van der Waals surface area contributed by atoms with Crippen LogP contribution in [0.2, 0.25) is 5.02 Å². The maximum absolute atomic E-state index is 6.06. The minimum Gasteiger partial charge on any atom is -0.493 e. The number of halogens is 1. The number of tetrazole rings is 1. The van der Waals surface area contributed by atoms with Gasteiger partial charge in [0.15, 0.2) is 11.5 Å². The number of nitrogens with two attached hydrogens (primary N) is 1. The van der Waals surface area contributed by atoms with E-state index in [9.17, 15) is 0 Å². The summed E-state index contributed by atoms with van der Waals surface area (Å²) < 4.78 is 10.9. The van der Waals surface area contributed by atoms with Gasteiger partial charge in [-0.3, -0.25) is 0 Å². The summed E-state index contributed by atoms with van der Waals surface area (Å²) >= 11 is 6.06. The van der Waals surface area contributed by atoms with Gasteiger partial charge >= 0.3 is 0 Å². The SMILES string of the molecule is CCOc1c(CNn2nnnc2N)cc(Cl)cc1OC. The molecule has 1 aromatic carbocycles. The monoisotopic (exact) mass is 298 g/mol. The fourth-order valence-electron chi connectivity index (χ4n) is 1.68. The Morgan fingerprint density at radius 2 is 2.25 bits per heavy atom. The van der Waals surface area contributed by atoms with E-state index in [2.05, 4.69) is 21.0 Å². The van der Waals surface area contributed by atoms with Gasteiger partial charge in [-0.1, -0.05) is 16.7 Å². The van der Waals surface area contributed by atoms with Crippen molar-refractivity contribution in [3.05, 3.63) is 22.7 Å². The third kappa shape index (κ3) is 3.02. The molecule has 1 aromatic heterocycles. The summed E-state index contributed by atoms with van der Waals surface area (Å²) in [5.74, 6) is 1.36. The lowest BCUT2D eigenvalue weighted by Gasteiger charge is -2.15. The van der Waals surface area contributed by atoms with E-state index in [4.69, 9.17) is 26.8 Å². The number of nitrogens with zero attached hydrogens (tertiary/aromatic N) is 4. The molecule has 0 amide bonds. The highest BCUT2D eigenvalue weighted by molar-refractivity contribution is 6.30. The Hall–Kier alpha value is -2.22. The van der Waals surface area contributed by atoms with Crippen LogP contribution in [0.15, 0.2) is 12.1 Å². The topological polar surface area (TPSA) is 100 Å². The average Bonchev–Trinajstić information content (AvgIpc) is 2.84. The van der Waals surface area contributed by atoms with Crippen molar-refractivity contribution in [1.29, 1.82) is 0 Å². The Kier molecular flexibility index (Phi) is 4.46. The second kappa shape index (κ2) is 6.29. The molecule has 1 heterocycles. The Morgan fingerprint density at radius 1 is 1.45 bits per heavy atom. The van der Waals surface area contributed by atoms with Gasteiger partial charge in [0.05, 0.1) is 20.3 Å². The van der Waals surface area contributed by atoms with Gasteiger partial charge in [0.25, 0.3) is 5.95 Å². The number of ether oxygens (including phenoxy) is 2. The molecular weight excluding hydrogens is 284 g/mol. The first-order valence-corrected chi connectivity index (χ1v) is 6.30. The molecule has 0 spiro atoms. The van der Waals surface area contributed by atoms with Crippen LogP contribution in [0.5, 0.6) is 11.5 Å². The number of aromatic nitrogens is 4. The third-order valence-corrected chi connectivity index (χ3v) is 2.74. The molecule has 0 atom stereocenters. The first kappa shape index (κ1) is 14.2. The Labute approximate surface area is 120 Å². The predicted octanol–water partition coefficient (Wildman–Crippen LogP) is 1.06. The summed E-state index contributed by atoms with van der Waals surface area (Å²) in [5.41, 5.74) is 9.33. The van der Waals surface area contributed by atoms with E-state index in [1.54, 1.807) is 19.2 Å². The van der Waals surface area contributed by atoms with Crippen LogP contribution in [0.1, 0.15) is 12.5 Å². The maximum atomic E-state index is 6.06. The fourth-order valence-corrected chi connectivity index (χ4v) is 1.91. The number of methoxy groups -OCH3 is 1. The molecule has 0 unspecified atom stereocenters. The molecule has 9 heteroatoms. The van der Waals surface area contributed by atoms with Crippen molar-refractivity contribution in [1.82, 2.24) is 20.3 Å². The quantitative estimate of drug-likeness (QED) is 0.822. The Bertz CT molecular complexity index is 588. The molecule has 0 aliphatic rings. The van der Waals surface area contributed by atoms with E-state index in [1.807, 2.05) is 6.92 Å². The van der Waals surface area contributed by atoms with Crippen molar-refractivity contribution < 1.29 is 9.47 Å². The first-order valence-electron chi connectivity index (χ1n) is 5.92. The normalized spacial score (nSPS) is 10.3. The zero-order valence-corrected chi connectivity index (χ0v) is 11.9. The second-order valence-electron chi connectivity index (χ2n) is 3.81. The van der Waals surface area contributed by atoms with Crippen LogP contribution in [-0.2, 0) is 6.54 Å². The summed E-state index contributed by atoms with van der Waals surface area (Å²) in [6, 6.07) is 3.48. The van der Waals surface area contributed by atoms with Gasteiger partial charge in [-0.15, -0.1) is 4.79 Å². The molecule has 0 aliphatic heterocycles. The van der Waals surface area contributed by atoms with E-state index in [0.717, 1.165) is 5.56 Å². The van der Waals surface area contributed by atoms with E-state index in [-0.39, 0.29) is 5.95 Å². The summed E-state index contributed by atoms with van der Waals surface area (Å²) in [6.45, 7) is 2.78. The van der Waals surface area contributed by atoms with Crippen molar-refractivity contribution in [3.63, 3.8) is 0 Å². The van der Waals surface area contributed by atoms with E-state index >= 15 is 0 Å². The largest absolute Gasteiger partial charge is 0.493 e. The Balaban J connectivity index is 2.25. The number of anilines is 1. The number of nitrogens with one attached hydrogen (secondary N) is 1. The minimum absolute atomic E-state index is 0.164. The van der Waals surface area contributed by atoms with Crippen molar-refractivity contribution in [2.24, 2.45) is 0 Å². The summed E-state index contributed by atoms with van der Waals surface area (Å²) in [5, 5.41) is 11.2. The molecule has 108 valence electrons. The van der Waals surface area contributed by atoms with Crippen molar-refractivity contribution in [2.75, 3.05) is 24.9 Å². The number of hydrogen-bond donors (Lipinski definition) is 2. The third-order valence-electron chi connectivity index (χ3n) is 2.52. The zero-order chi connectivity index (χ0) is 14.5. The van der Waals surface area contributed by atoms with Crippen LogP contribution in [0.25, 0.3) is 0 Å². The maximum Gasteiger partial charge on any atom is 0.260 e. The smallest absolute Gasteiger partial charge is 0.260 e. The molecule has 0 bridgehead atoms. The summed E-state index contributed by atoms with van der Waals surface area (Å²) in [4.78, 5) is 1.27. The molecule has 0 saturated carbocycles. The van der Waals surface area contributed by atoms with E-state index < -0.39 is 0 Å². The lowest BCUT2D eigenvalue weighted by molar-refractivity contribution is 0.307. The average molecular weight is 299 g/mol. The molecule has 0 saturated heterocycles. The van der Waals surface area contributed by atoms with Crippen LogP contribution in [0, 0.1) is 0 Å². The second-order valence-corrected chi connectivity index (χ2v) is 4.25. The van der Waals surface area contributed by atoms with Gasteiger partial charge < -0.3 is 20.6 Å². The number of hydrogen-bond acceptors (Lipinski definition) is 7. The Morgan fingerprint density at radius 3 is 2.85 bits per heavy atom. The molecule has 3 N–H and O–H groups in total. The molecule has 0 fully saturated rings. The van der Waals surface area contributed by atoms with Gasteiger partial charge in [0.1, 0.15) is 0 Å². The molecule has 0 radical (unpaired) electrons. The summed E-state index contributed by atoms with van der Waals surface area (Å²) in [6.07, 6.45) is 0. The van der Waals surface area contributed by atoms with Crippen LogP contribution in [-0.4, -0.2) is 34.0 Å². The van der Waals surface area contributed by atoms with E-state index in [1.165, 1.54) is 4.79 Å². The van der Waals surface area contributed by atoms with Crippen LogP contribution < -0.4 is 20.6 Å². The van der Waals surface area contributed by atoms with Crippen molar-refractivity contribution >= 4 is 17.5 Å². The standard InChI is InChI=1S/C11H15ClN6O2/c1-3-20-10-7(4-8(12)5-9(10)19-2)6-14-18-11(13)15-16-17-18/h4-5,14H,3,6H2,1-2H3,(H2,13,15,17). The molecule has 2 rings (SSSR count). The molecule has 8 nitrogen and oxygen atoms in total. The van der Waals surface area contributed by atoms with Crippen LogP contribution in [0.4, 0.5) is 5.95 Å². The predicted molar refractivity (Wildman–Crippen MR) is 74.5 cm³/mol. The first-order chi connectivity index (χ1) is 9.65. The lowest BCUT2D eigenvalue weighted by Crippen LogP contribution is -2.19. The fraction of sp³-hybridized carbons (Fsp3) is 0.364. The van der Waals surface area contributed by atoms with Crippen LogP contribution >= 0.6 is 11.6 Å². The highest BCUT2D eigenvalue weighted by atomic mass is 35.5. The highest BCUT2D eigenvalue weighted by Crippen LogP contribution is 2.34. The van der Waals surface area contributed by atoms with Gasteiger partial charge in [-0.2, -0.15) is 0 Å². The summed E-state index contributed by atoms with van der Waals surface area (Å²) in [7, 11) is 1.56. The number of rotatable bonds is 6. The van der Waals surface area contributed by atoms with Gasteiger partial charge in [-0.05, 0) is 23.4 Å². The van der Waals surface area contributed by atoms with Crippen molar-refractivity contribution in [3.8, 4) is 11.5 Å². The molecule has 2 aromatic rings. The van der Waals surface area contributed by atoms with Gasteiger partial charge in [0, 0.05) is 16.7 Å². The van der Waals surface area contributed by atoms with Gasteiger partial charge in [0.2, 0.25) is 0 Å². The van der Waals surface area contributed by atoms with Gasteiger partial charge in [-0.25, -0.2) is 0 Å². The zero-order valence-electron chi connectivity index (χ0n) is 11.1. The lowest BCUT2D eigenvalue weighted by atomic mass is 10.2. The molecular formula is C11H15ClN6O2.